The van der Waals surface area contributed by atoms with E-state index in [2.05, 4.69) is 12.6 Å². The minimum atomic E-state index is 0.0393. The molecule has 1 aliphatic rings. The van der Waals surface area contributed by atoms with Crippen LogP contribution in [0.3, 0.4) is 0 Å². The molecule has 0 saturated carbocycles. The van der Waals surface area contributed by atoms with Crippen LogP contribution in [-0.4, -0.2) is 41.3 Å². The highest BCUT2D eigenvalue weighted by atomic mass is 32.1. The Labute approximate surface area is 66.4 Å². The van der Waals surface area contributed by atoms with Crippen LogP contribution in [0.15, 0.2) is 0 Å². The summed E-state index contributed by atoms with van der Waals surface area (Å²) in [4.78, 5) is 14.6. The first-order chi connectivity index (χ1) is 4.63. The summed E-state index contributed by atoms with van der Waals surface area (Å²) >= 11 is 4.17. The van der Waals surface area contributed by atoms with Crippen molar-refractivity contribution in [3.8, 4) is 0 Å². The highest BCUT2D eigenvalue weighted by molar-refractivity contribution is 7.80. The zero-order valence-electron chi connectivity index (χ0n) is 6.24. The molecule has 10 heavy (non-hydrogen) atoms. The van der Waals surface area contributed by atoms with Crippen molar-refractivity contribution in [1.82, 2.24) is 9.80 Å². The maximum atomic E-state index is 11.1. The molecule has 58 valence electrons. The van der Waals surface area contributed by atoms with Crippen molar-refractivity contribution >= 4 is 18.7 Å². The van der Waals surface area contributed by atoms with Gasteiger partial charge in [-0.15, -0.1) is 0 Å². The van der Waals surface area contributed by atoms with Gasteiger partial charge in [-0.3, -0.25) is 0 Å². The number of amides is 2. The molecule has 1 unspecified atom stereocenters. The summed E-state index contributed by atoms with van der Waals surface area (Å²) < 4.78 is 0. The summed E-state index contributed by atoms with van der Waals surface area (Å²) in [6, 6.07) is 0.0856. The van der Waals surface area contributed by atoms with E-state index >= 15 is 0 Å². The lowest BCUT2D eigenvalue weighted by Crippen LogP contribution is -2.33. The Bertz CT molecular complexity index is 149. The second-order valence-corrected chi connectivity index (χ2v) is 3.28. The van der Waals surface area contributed by atoms with Crippen LogP contribution in [0.1, 0.15) is 6.92 Å². The second kappa shape index (κ2) is 2.70. The summed E-state index contributed by atoms with van der Waals surface area (Å²) in [5.74, 6) is 0. The van der Waals surface area contributed by atoms with Gasteiger partial charge in [0.1, 0.15) is 0 Å². The molecule has 4 heteroatoms. The largest absolute Gasteiger partial charge is 0.326 e. The van der Waals surface area contributed by atoms with Gasteiger partial charge in [0.05, 0.1) is 5.37 Å². The van der Waals surface area contributed by atoms with E-state index in [4.69, 9.17) is 0 Å². The van der Waals surface area contributed by atoms with Crippen molar-refractivity contribution in [1.29, 1.82) is 0 Å². The van der Waals surface area contributed by atoms with Gasteiger partial charge in [0.15, 0.2) is 0 Å². The van der Waals surface area contributed by atoms with Crippen LogP contribution in [0, 0.1) is 0 Å². The minimum absolute atomic E-state index is 0.0393. The molecule has 3 nitrogen and oxygen atoms in total. The highest BCUT2D eigenvalue weighted by Crippen LogP contribution is 2.11. The first-order valence-electron chi connectivity index (χ1n) is 3.32. The van der Waals surface area contributed by atoms with E-state index < -0.39 is 0 Å². The molecule has 2 amide bonds. The fraction of sp³-hybridized carbons (Fsp3) is 0.833. The third-order valence-electron chi connectivity index (χ3n) is 1.70. The van der Waals surface area contributed by atoms with E-state index in [0.29, 0.717) is 0 Å². The molecule has 0 radical (unpaired) electrons. The van der Waals surface area contributed by atoms with Gasteiger partial charge in [-0.05, 0) is 6.92 Å². The minimum Gasteiger partial charge on any atom is -0.326 e. The first kappa shape index (κ1) is 7.72. The lowest BCUT2D eigenvalue weighted by molar-refractivity contribution is 0.197. The number of carbonyl (C=O) groups excluding carboxylic acids is 1. The van der Waals surface area contributed by atoms with Gasteiger partial charge in [-0.25, -0.2) is 4.79 Å². The van der Waals surface area contributed by atoms with Crippen molar-refractivity contribution < 1.29 is 4.79 Å². The number of nitrogens with zero attached hydrogens (tertiary/aromatic N) is 2. The van der Waals surface area contributed by atoms with E-state index in [9.17, 15) is 4.79 Å². The molecule has 0 aliphatic carbocycles. The predicted molar refractivity (Wildman–Crippen MR) is 43.2 cm³/mol. The van der Waals surface area contributed by atoms with Crippen LogP contribution in [0.25, 0.3) is 0 Å². The molecule has 0 aromatic heterocycles. The molecule has 1 atom stereocenters. The third-order valence-corrected chi connectivity index (χ3v) is 1.98. The lowest BCUT2D eigenvalue weighted by Gasteiger charge is -2.18. The van der Waals surface area contributed by atoms with Gasteiger partial charge in [0.25, 0.3) is 0 Å². The Balaban J connectivity index is 2.57. The van der Waals surface area contributed by atoms with Crippen LogP contribution in [0.2, 0.25) is 0 Å². The molecule has 0 spiro atoms. The molecule has 1 heterocycles. The summed E-state index contributed by atoms with van der Waals surface area (Å²) in [7, 11) is 1.80. The Morgan fingerprint density at radius 2 is 2.20 bits per heavy atom. The van der Waals surface area contributed by atoms with E-state index in [-0.39, 0.29) is 11.4 Å². The second-order valence-electron chi connectivity index (χ2n) is 2.53. The van der Waals surface area contributed by atoms with Gasteiger partial charge < -0.3 is 9.80 Å². The Hall–Kier alpha value is -0.380. The molecule has 0 aromatic carbocycles. The molecule has 1 rings (SSSR count). The van der Waals surface area contributed by atoms with Gasteiger partial charge in [0, 0.05) is 20.1 Å². The molecule has 0 bridgehead atoms. The number of likely N-dealkylation sites (N-methyl/N-ethyl adjacent to an activating group) is 1. The first-order valence-corrected chi connectivity index (χ1v) is 3.84. The number of urea groups is 1. The Morgan fingerprint density at radius 1 is 1.60 bits per heavy atom. The normalized spacial score (nSPS) is 22.1. The fourth-order valence-corrected chi connectivity index (χ4v) is 1.23. The maximum absolute atomic E-state index is 11.1. The number of rotatable bonds is 1. The van der Waals surface area contributed by atoms with Crippen LogP contribution in [0.5, 0.6) is 0 Å². The summed E-state index contributed by atoms with van der Waals surface area (Å²) in [5.41, 5.74) is 0. The highest BCUT2D eigenvalue weighted by Gasteiger charge is 2.27. The summed E-state index contributed by atoms with van der Waals surface area (Å²) in [6.45, 7) is 3.53. The molecular weight excluding hydrogens is 148 g/mol. The van der Waals surface area contributed by atoms with Gasteiger partial charge in [-0.2, -0.15) is 12.6 Å². The van der Waals surface area contributed by atoms with Crippen molar-refractivity contribution in [2.45, 2.75) is 12.3 Å². The monoisotopic (exact) mass is 160 g/mol. The van der Waals surface area contributed by atoms with E-state index in [1.165, 1.54) is 0 Å². The molecule has 0 aromatic rings. The number of hydrogen-bond acceptors (Lipinski definition) is 2. The van der Waals surface area contributed by atoms with E-state index in [1.807, 2.05) is 6.92 Å². The molecule has 0 N–H and O–H groups in total. The SMILES string of the molecule is CC(S)N1CCN(C)C1=O. The van der Waals surface area contributed by atoms with E-state index in [1.54, 1.807) is 16.8 Å². The summed E-state index contributed by atoms with van der Waals surface area (Å²) in [5, 5.41) is 0.0393. The van der Waals surface area contributed by atoms with Crippen molar-refractivity contribution in [3.05, 3.63) is 0 Å². The van der Waals surface area contributed by atoms with Crippen molar-refractivity contribution in [2.24, 2.45) is 0 Å². The molecule has 1 saturated heterocycles. The average molecular weight is 160 g/mol. The Kier molecular flexibility index (Phi) is 2.08. The number of hydrogen-bond donors (Lipinski definition) is 1. The maximum Gasteiger partial charge on any atom is 0.320 e. The molecule has 1 aliphatic heterocycles. The van der Waals surface area contributed by atoms with Crippen LogP contribution in [-0.2, 0) is 0 Å². The van der Waals surface area contributed by atoms with Crippen LogP contribution >= 0.6 is 12.6 Å². The zero-order valence-corrected chi connectivity index (χ0v) is 7.14. The zero-order chi connectivity index (χ0) is 7.72. The quantitative estimate of drug-likeness (QED) is 0.559. The number of thiol groups is 1. The summed E-state index contributed by atoms with van der Waals surface area (Å²) in [6.07, 6.45) is 0. The standard InChI is InChI=1S/C6H12N2OS/c1-5(10)8-4-3-7(2)6(8)9/h5,10H,3-4H2,1-2H3. The molecule has 1 fully saturated rings. The van der Waals surface area contributed by atoms with Crippen LogP contribution in [0.4, 0.5) is 4.79 Å². The van der Waals surface area contributed by atoms with Gasteiger partial charge >= 0.3 is 6.03 Å². The topological polar surface area (TPSA) is 23.6 Å². The van der Waals surface area contributed by atoms with Crippen LogP contribution < -0.4 is 0 Å². The third kappa shape index (κ3) is 1.21. The predicted octanol–water partition coefficient (Wildman–Crippen LogP) is 0.630. The smallest absolute Gasteiger partial charge is 0.320 e. The Morgan fingerprint density at radius 3 is 2.40 bits per heavy atom. The number of carbonyl (C=O) groups is 1. The van der Waals surface area contributed by atoms with Crippen molar-refractivity contribution in [2.75, 3.05) is 20.1 Å². The lowest BCUT2D eigenvalue weighted by atomic mass is 10.6. The van der Waals surface area contributed by atoms with E-state index in [0.717, 1.165) is 13.1 Å². The van der Waals surface area contributed by atoms with Gasteiger partial charge in [-0.1, -0.05) is 0 Å². The van der Waals surface area contributed by atoms with Gasteiger partial charge in [0.2, 0.25) is 0 Å². The van der Waals surface area contributed by atoms with Crippen molar-refractivity contribution in [3.63, 3.8) is 0 Å². The molecular formula is C6H12N2OS. The fourth-order valence-electron chi connectivity index (χ4n) is 1.01. The average Bonchev–Trinajstić information content (AvgIpc) is 2.14.